The number of nitrogens with zero attached hydrogens (tertiary/aromatic N) is 1. The van der Waals surface area contributed by atoms with Gasteiger partial charge in [-0.15, -0.1) is 0 Å². The minimum Gasteiger partial charge on any atom is -0.497 e. The minimum absolute atomic E-state index is 0.857. The summed E-state index contributed by atoms with van der Waals surface area (Å²) < 4.78 is 5.26. The summed E-state index contributed by atoms with van der Waals surface area (Å²) in [4.78, 5) is 4.50. The molecule has 0 amide bonds. The number of ether oxygens (including phenoxy) is 1. The smallest absolute Gasteiger partial charge is 0.119 e. The summed E-state index contributed by atoms with van der Waals surface area (Å²) >= 11 is 0. The summed E-state index contributed by atoms with van der Waals surface area (Å²) in [6.07, 6.45) is 1.92. The average Bonchev–Trinajstić information content (AvgIpc) is 2.47. The number of hydrogen-bond acceptors (Lipinski definition) is 2. The monoisotopic (exact) mass is 249 g/mol. The number of aromatic nitrogens is 1. The number of benzene rings is 2. The third-order valence-electron chi connectivity index (χ3n) is 3.27. The van der Waals surface area contributed by atoms with Crippen LogP contribution in [0, 0.1) is 6.92 Å². The molecule has 0 saturated heterocycles. The number of fused-ring (bicyclic) bond motifs is 1. The maximum absolute atomic E-state index is 5.26. The van der Waals surface area contributed by atoms with E-state index in [1.54, 1.807) is 7.11 Å². The zero-order valence-corrected chi connectivity index (χ0v) is 11.1. The fourth-order valence-corrected chi connectivity index (χ4v) is 2.14. The molecule has 0 saturated carbocycles. The van der Waals surface area contributed by atoms with Gasteiger partial charge in [-0.2, -0.15) is 0 Å². The molecule has 0 atom stereocenters. The molecule has 3 aromatic rings. The molecule has 0 aliphatic heterocycles. The standard InChI is InChI=1S/C17H15NO/c1-12-3-5-13(6-4-12)15-9-14-10-16(19-2)7-8-17(14)18-11-15/h3-11H,1-2H3. The number of pyridine rings is 1. The van der Waals surface area contributed by atoms with Crippen LogP contribution in [0.2, 0.25) is 0 Å². The van der Waals surface area contributed by atoms with E-state index in [1.165, 1.54) is 11.1 Å². The van der Waals surface area contributed by atoms with Crippen LogP contribution in [0.15, 0.2) is 54.7 Å². The molecule has 0 bridgehead atoms. The molecule has 0 aliphatic carbocycles. The summed E-state index contributed by atoms with van der Waals surface area (Å²) in [5, 5.41) is 1.09. The maximum atomic E-state index is 5.26. The lowest BCUT2D eigenvalue weighted by Gasteiger charge is -2.05. The predicted octanol–water partition coefficient (Wildman–Crippen LogP) is 4.22. The minimum atomic E-state index is 0.857. The van der Waals surface area contributed by atoms with Crippen LogP contribution in [0.4, 0.5) is 0 Å². The highest BCUT2D eigenvalue weighted by Gasteiger charge is 2.02. The van der Waals surface area contributed by atoms with Gasteiger partial charge in [-0.1, -0.05) is 29.8 Å². The van der Waals surface area contributed by atoms with E-state index in [0.717, 1.165) is 22.2 Å². The molecule has 2 aromatic carbocycles. The van der Waals surface area contributed by atoms with Gasteiger partial charge in [0.1, 0.15) is 5.75 Å². The summed E-state index contributed by atoms with van der Waals surface area (Å²) in [5.41, 5.74) is 4.56. The van der Waals surface area contributed by atoms with Crippen molar-refractivity contribution in [3.05, 3.63) is 60.3 Å². The Morgan fingerprint density at radius 1 is 0.895 bits per heavy atom. The molecule has 0 fully saturated rings. The van der Waals surface area contributed by atoms with Crippen molar-refractivity contribution in [2.75, 3.05) is 7.11 Å². The van der Waals surface area contributed by atoms with E-state index in [9.17, 15) is 0 Å². The molecule has 1 aromatic heterocycles. The molecule has 0 aliphatic rings. The second kappa shape index (κ2) is 4.73. The van der Waals surface area contributed by atoms with E-state index >= 15 is 0 Å². The van der Waals surface area contributed by atoms with Crippen LogP contribution in [0.3, 0.4) is 0 Å². The van der Waals surface area contributed by atoms with Crippen molar-refractivity contribution in [1.82, 2.24) is 4.98 Å². The van der Waals surface area contributed by atoms with Crippen molar-refractivity contribution in [3.63, 3.8) is 0 Å². The molecule has 19 heavy (non-hydrogen) atoms. The van der Waals surface area contributed by atoms with E-state index in [2.05, 4.69) is 42.2 Å². The molecule has 2 heteroatoms. The lowest BCUT2D eigenvalue weighted by atomic mass is 10.0. The van der Waals surface area contributed by atoms with Gasteiger partial charge < -0.3 is 4.74 Å². The van der Waals surface area contributed by atoms with E-state index < -0.39 is 0 Å². The van der Waals surface area contributed by atoms with Gasteiger partial charge in [-0.05, 0) is 36.8 Å². The normalized spacial score (nSPS) is 10.6. The Balaban J connectivity index is 2.12. The Bertz CT molecular complexity index is 717. The largest absolute Gasteiger partial charge is 0.497 e. The van der Waals surface area contributed by atoms with Crippen LogP contribution in [-0.2, 0) is 0 Å². The van der Waals surface area contributed by atoms with Crippen LogP contribution < -0.4 is 4.74 Å². The topological polar surface area (TPSA) is 22.1 Å². The first-order chi connectivity index (χ1) is 9.26. The first kappa shape index (κ1) is 11.7. The number of methoxy groups -OCH3 is 1. The Kier molecular flexibility index (Phi) is 2.92. The van der Waals surface area contributed by atoms with Crippen molar-refractivity contribution >= 4 is 10.9 Å². The zero-order chi connectivity index (χ0) is 13.2. The zero-order valence-electron chi connectivity index (χ0n) is 11.1. The van der Waals surface area contributed by atoms with E-state index in [-0.39, 0.29) is 0 Å². The Morgan fingerprint density at radius 2 is 1.68 bits per heavy atom. The average molecular weight is 249 g/mol. The number of hydrogen-bond donors (Lipinski definition) is 0. The van der Waals surface area contributed by atoms with Crippen molar-refractivity contribution in [1.29, 1.82) is 0 Å². The van der Waals surface area contributed by atoms with Crippen LogP contribution in [0.5, 0.6) is 5.75 Å². The van der Waals surface area contributed by atoms with Gasteiger partial charge >= 0.3 is 0 Å². The van der Waals surface area contributed by atoms with Gasteiger partial charge in [-0.3, -0.25) is 4.98 Å². The quantitative estimate of drug-likeness (QED) is 0.678. The molecular formula is C17H15NO. The third kappa shape index (κ3) is 2.29. The number of aryl methyl sites for hydroxylation is 1. The molecule has 3 rings (SSSR count). The molecule has 94 valence electrons. The van der Waals surface area contributed by atoms with Crippen LogP contribution in [0.25, 0.3) is 22.0 Å². The van der Waals surface area contributed by atoms with Gasteiger partial charge in [0, 0.05) is 17.1 Å². The van der Waals surface area contributed by atoms with Crippen LogP contribution >= 0.6 is 0 Å². The highest BCUT2D eigenvalue weighted by Crippen LogP contribution is 2.25. The second-order valence-corrected chi connectivity index (χ2v) is 4.65. The summed E-state index contributed by atoms with van der Waals surface area (Å²) in [7, 11) is 1.68. The van der Waals surface area contributed by atoms with E-state index in [0.29, 0.717) is 0 Å². The number of rotatable bonds is 2. The Hall–Kier alpha value is -2.35. The van der Waals surface area contributed by atoms with Gasteiger partial charge in [0.2, 0.25) is 0 Å². The maximum Gasteiger partial charge on any atom is 0.119 e. The van der Waals surface area contributed by atoms with Gasteiger partial charge in [-0.25, -0.2) is 0 Å². The Morgan fingerprint density at radius 3 is 2.42 bits per heavy atom. The second-order valence-electron chi connectivity index (χ2n) is 4.65. The van der Waals surface area contributed by atoms with Crippen molar-refractivity contribution in [2.24, 2.45) is 0 Å². The first-order valence-electron chi connectivity index (χ1n) is 6.27. The fraction of sp³-hybridized carbons (Fsp3) is 0.118. The Labute approximate surface area is 112 Å². The SMILES string of the molecule is COc1ccc2ncc(-c3ccc(C)cc3)cc2c1. The summed E-state index contributed by atoms with van der Waals surface area (Å²) in [6.45, 7) is 2.09. The summed E-state index contributed by atoms with van der Waals surface area (Å²) in [6, 6.07) is 16.6. The van der Waals surface area contributed by atoms with E-state index in [4.69, 9.17) is 4.74 Å². The van der Waals surface area contributed by atoms with Crippen molar-refractivity contribution < 1.29 is 4.74 Å². The lowest BCUT2D eigenvalue weighted by Crippen LogP contribution is -1.86. The van der Waals surface area contributed by atoms with Gasteiger partial charge in [0.15, 0.2) is 0 Å². The summed E-state index contributed by atoms with van der Waals surface area (Å²) in [5.74, 6) is 0.857. The molecule has 0 unspecified atom stereocenters. The molecule has 1 heterocycles. The lowest BCUT2D eigenvalue weighted by molar-refractivity contribution is 0.415. The van der Waals surface area contributed by atoms with Crippen molar-refractivity contribution in [3.8, 4) is 16.9 Å². The fourth-order valence-electron chi connectivity index (χ4n) is 2.14. The van der Waals surface area contributed by atoms with Crippen LogP contribution in [0.1, 0.15) is 5.56 Å². The van der Waals surface area contributed by atoms with Crippen LogP contribution in [-0.4, -0.2) is 12.1 Å². The predicted molar refractivity (Wildman–Crippen MR) is 78.5 cm³/mol. The van der Waals surface area contributed by atoms with Gasteiger partial charge in [0.25, 0.3) is 0 Å². The molecule has 0 N–H and O–H groups in total. The molecule has 2 nitrogen and oxygen atoms in total. The molecular weight excluding hydrogens is 234 g/mol. The molecule has 0 spiro atoms. The third-order valence-corrected chi connectivity index (χ3v) is 3.27. The highest BCUT2D eigenvalue weighted by molar-refractivity contribution is 5.84. The first-order valence-corrected chi connectivity index (χ1v) is 6.27. The molecule has 0 radical (unpaired) electrons. The highest BCUT2D eigenvalue weighted by atomic mass is 16.5. The van der Waals surface area contributed by atoms with E-state index in [1.807, 2.05) is 24.4 Å². The van der Waals surface area contributed by atoms with Crippen molar-refractivity contribution in [2.45, 2.75) is 6.92 Å². The van der Waals surface area contributed by atoms with Gasteiger partial charge in [0.05, 0.1) is 12.6 Å².